The Morgan fingerprint density at radius 3 is 2.58 bits per heavy atom. The van der Waals surface area contributed by atoms with Gasteiger partial charge in [-0.3, -0.25) is 4.79 Å². The number of nitrogens with one attached hydrogen (secondary N) is 3. The van der Waals surface area contributed by atoms with E-state index in [-0.39, 0.29) is 43.1 Å². The molecule has 4 atom stereocenters. The predicted molar refractivity (Wildman–Crippen MR) is 123 cm³/mol. The number of aliphatic hydroxyl groups excluding tert-OH is 1. The number of ether oxygens (including phenoxy) is 2. The average Bonchev–Trinajstić information content (AvgIpc) is 3.58. The largest absolute Gasteiger partial charge is 0.487 e. The molecule has 0 radical (unpaired) electrons. The highest BCUT2D eigenvalue weighted by atomic mass is 16.6. The fourth-order valence-corrected chi connectivity index (χ4v) is 4.64. The van der Waals surface area contributed by atoms with Gasteiger partial charge in [0.15, 0.2) is 0 Å². The molecule has 2 aromatic carbocycles. The molecule has 0 bridgehead atoms. The van der Waals surface area contributed by atoms with E-state index in [4.69, 9.17) is 9.47 Å². The van der Waals surface area contributed by atoms with Crippen LogP contribution in [0.15, 0.2) is 48.5 Å². The van der Waals surface area contributed by atoms with Crippen molar-refractivity contribution in [3.63, 3.8) is 0 Å². The number of urea groups is 1. The van der Waals surface area contributed by atoms with Crippen molar-refractivity contribution in [2.75, 3.05) is 23.8 Å². The zero-order chi connectivity index (χ0) is 22.8. The van der Waals surface area contributed by atoms with Gasteiger partial charge in [0, 0.05) is 29.4 Å². The maximum Gasteiger partial charge on any atom is 0.323 e. The Morgan fingerprint density at radius 1 is 1.03 bits per heavy atom. The van der Waals surface area contributed by atoms with Crippen LogP contribution in [-0.4, -0.2) is 48.5 Å². The van der Waals surface area contributed by atoms with Crippen molar-refractivity contribution in [1.82, 2.24) is 5.32 Å². The molecule has 3 aliphatic rings. The number of anilines is 2. The Bertz CT molecular complexity index is 1010. The SMILES string of the molecule is O=C(C[C@H]1C[C@H]2c3cc(NC(=O)Nc4ccccc4)ccc3O[C@H]2[C@@H](CO)O1)NCC1CC1. The first-order chi connectivity index (χ1) is 16.1. The molecule has 33 heavy (non-hydrogen) atoms. The molecule has 5 rings (SSSR count). The zero-order valence-corrected chi connectivity index (χ0v) is 18.3. The van der Waals surface area contributed by atoms with Gasteiger partial charge in [-0.05, 0) is 55.5 Å². The summed E-state index contributed by atoms with van der Waals surface area (Å²) in [7, 11) is 0. The van der Waals surface area contributed by atoms with Crippen LogP contribution in [0.3, 0.4) is 0 Å². The van der Waals surface area contributed by atoms with Gasteiger partial charge in [0.25, 0.3) is 0 Å². The van der Waals surface area contributed by atoms with Gasteiger partial charge in [-0.15, -0.1) is 0 Å². The summed E-state index contributed by atoms with van der Waals surface area (Å²) >= 11 is 0. The van der Waals surface area contributed by atoms with E-state index in [1.54, 1.807) is 6.07 Å². The molecule has 8 heteroatoms. The number of para-hydroxylation sites is 1. The minimum absolute atomic E-state index is 0.0193. The van der Waals surface area contributed by atoms with Crippen LogP contribution in [0, 0.1) is 5.92 Å². The summed E-state index contributed by atoms with van der Waals surface area (Å²) in [4.78, 5) is 24.8. The molecule has 174 valence electrons. The van der Waals surface area contributed by atoms with E-state index in [0.29, 0.717) is 23.7 Å². The quantitative estimate of drug-likeness (QED) is 0.517. The summed E-state index contributed by atoms with van der Waals surface area (Å²) in [6.45, 7) is 0.549. The molecular formula is C25H29N3O5. The number of carbonyl (C=O) groups is 2. The molecule has 1 saturated carbocycles. The molecule has 1 saturated heterocycles. The Labute approximate surface area is 192 Å². The van der Waals surface area contributed by atoms with E-state index in [1.807, 2.05) is 42.5 Å². The number of benzene rings is 2. The lowest BCUT2D eigenvalue weighted by Gasteiger charge is -2.37. The Hall–Kier alpha value is -3.10. The molecule has 0 aromatic heterocycles. The van der Waals surface area contributed by atoms with Crippen LogP contribution < -0.4 is 20.7 Å². The average molecular weight is 452 g/mol. The van der Waals surface area contributed by atoms with E-state index in [9.17, 15) is 14.7 Å². The monoisotopic (exact) mass is 451 g/mol. The van der Waals surface area contributed by atoms with Gasteiger partial charge >= 0.3 is 6.03 Å². The first-order valence-electron chi connectivity index (χ1n) is 11.6. The van der Waals surface area contributed by atoms with E-state index < -0.39 is 6.10 Å². The molecule has 2 aliphatic heterocycles. The van der Waals surface area contributed by atoms with Crippen LogP contribution in [-0.2, 0) is 9.53 Å². The second kappa shape index (κ2) is 9.41. The lowest BCUT2D eigenvalue weighted by Crippen LogP contribution is -2.47. The van der Waals surface area contributed by atoms with E-state index in [0.717, 1.165) is 17.9 Å². The van der Waals surface area contributed by atoms with E-state index in [2.05, 4.69) is 16.0 Å². The molecule has 2 heterocycles. The maximum atomic E-state index is 12.4. The highest BCUT2D eigenvalue weighted by Gasteiger charge is 2.46. The number of hydrogen-bond acceptors (Lipinski definition) is 5. The number of rotatable bonds is 7. The zero-order valence-electron chi connectivity index (χ0n) is 18.3. The number of carbonyl (C=O) groups excluding carboxylic acids is 2. The van der Waals surface area contributed by atoms with E-state index in [1.165, 1.54) is 12.8 Å². The highest BCUT2D eigenvalue weighted by Crippen LogP contribution is 2.47. The van der Waals surface area contributed by atoms with Crippen LogP contribution >= 0.6 is 0 Å². The van der Waals surface area contributed by atoms with Gasteiger partial charge in [0.2, 0.25) is 5.91 Å². The lowest BCUT2D eigenvalue weighted by molar-refractivity contribution is -0.142. The lowest BCUT2D eigenvalue weighted by atomic mass is 9.84. The minimum atomic E-state index is -0.504. The summed E-state index contributed by atoms with van der Waals surface area (Å²) in [5.41, 5.74) is 2.32. The molecule has 1 aliphatic carbocycles. The number of fused-ring (bicyclic) bond motifs is 3. The van der Waals surface area contributed by atoms with Gasteiger partial charge in [0.05, 0.1) is 19.1 Å². The van der Waals surface area contributed by atoms with Gasteiger partial charge in [-0.25, -0.2) is 4.79 Å². The summed E-state index contributed by atoms with van der Waals surface area (Å²) in [6.07, 6.45) is 2.13. The first-order valence-corrected chi connectivity index (χ1v) is 11.6. The molecule has 0 unspecified atom stereocenters. The maximum absolute atomic E-state index is 12.4. The molecule has 0 spiro atoms. The number of hydrogen-bond donors (Lipinski definition) is 4. The van der Waals surface area contributed by atoms with Crippen molar-refractivity contribution in [3.05, 3.63) is 54.1 Å². The third-order valence-electron chi connectivity index (χ3n) is 6.49. The highest BCUT2D eigenvalue weighted by molar-refractivity contribution is 5.99. The van der Waals surface area contributed by atoms with Crippen molar-refractivity contribution in [2.45, 2.75) is 49.9 Å². The summed E-state index contributed by atoms with van der Waals surface area (Å²) in [5, 5.41) is 18.6. The van der Waals surface area contributed by atoms with Crippen LogP contribution in [0.25, 0.3) is 0 Å². The summed E-state index contributed by atoms with van der Waals surface area (Å²) in [5.74, 6) is 1.30. The number of amides is 3. The smallest absolute Gasteiger partial charge is 0.323 e. The van der Waals surface area contributed by atoms with Gasteiger partial charge in [-0.1, -0.05) is 18.2 Å². The van der Waals surface area contributed by atoms with Gasteiger partial charge in [-0.2, -0.15) is 0 Å². The molecule has 3 amide bonds. The Balaban J connectivity index is 1.25. The summed E-state index contributed by atoms with van der Waals surface area (Å²) < 4.78 is 12.1. The third-order valence-corrected chi connectivity index (χ3v) is 6.49. The minimum Gasteiger partial charge on any atom is -0.487 e. The molecule has 4 N–H and O–H groups in total. The summed E-state index contributed by atoms with van der Waals surface area (Å²) in [6, 6.07) is 14.4. The molecule has 8 nitrogen and oxygen atoms in total. The standard InChI is InChI=1S/C25H29N3O5/c29-14-22-24-20(11-18(32-22)12-23(30)26-13-15-6-7-15)19-10-17(8-9-21(19)33-24)28-25(31)27-16-4-2-1-3-5-16/h1-5,8-10,15,18,20,22,24,29H,6-7,11-14H2,(H,26,30)(H2,27,28,31)/t18-,20+,22-,24-/m1/s1. The molecule has 2 fully saturated rings. The second-order valence-corrected chi connectivity index (χ2v) is 9.05. The molecular weight excluding hydrogens is 422 g/mol. The number of aliphatic hydroxyl groups is 1. The van der Waals surface area contributed by atoms with Gasteiger partial charge < -0.3 is 30.5 Å². The normalized spacial score (nSPS) is 25.4. The Morgan fingerprint density at radius 2 is 1.82 bits per heavy atom. The second-order valence-electron chi connectivity index (χ2n) is 9.05. The van der Waals surface area contributed by atoms with Crippen LogP contribution in [0.5, 0.6) is 5.75 Å². The molecule has 2 aromatic rings. The van der Waals surface area contributed by atoms with Crippen LogP contribution in [0.2, 0.25) is 0 Å². The van der Waals surface area contributed by atoms with Crippen molar-refractivity contribution in [1.29, 1.82) is 0 Å². The van der Waals surface area contributed by atoms with E-state index >= 15 is 0 Å². The Kier molecular flexibility index (Phi) is 6.20. The third kappa shape index (κ3) is 5.12. The first kappa shape index (κ1) is 21.7. The fraction of sp³-hybridized carbons (Fsp3) is 0.440. The van der Waals surface area contributed by atoms with Gasteiger partial charge in [0.1, 0.15) is 18.0 Å². The predicted octanol–water partition coefficient (Wildman–Crippen LogP) is 3.24. The van der Waals surface area contributed by atoms with Crippen molar-refractivity contribution in [3.8, 4) is 5.75 Å². The fourth-order valence-electron chi connectivity index (χ4n) is 4.64. The van der Waals surface area contributed by atoms with Crippen molar-refractivity contribution in [2.24, 2.45) is 5.92 Å². The van der Waals surface area contributed by atoms with Crippen molar-refractivity contribution >= 4 is 23.3 Å². The van der Waals surface area contributed by atoms with Crippen molar-refractivity contribution < 1.29 is 24.2 Å². The topological polar surface area (TPSA) is 109 Å². The van der Waals surface area contributed by atoms with Crippen LogP contribution in [0.1, 0.15) is 37.2 Å². The van der Waals surface area contributed by atoms with Crippen LogP contribution in [0.4, 0.5) is 16.2 Å².